The van der Waals surface area contributed by atoms with E-state index in [4.69, 9.17) is 22.0 Å². The number of hydrogen-bond donors (Lipinski definition) is 5. The Hall–Kier alpha value is -1.30. The minimum atomic E-state index is -1.00. The van der Waals surface area contributed by atoms with Gasteiger partial charge in [-0.15, -0.1) is 0 Å². The molecule has 0 saturated carbocycles. The Bertz CT molecular complexity index is 172. The fourth-order valence-corrected chi connectivity index (χ4v) is 0.669. The second-order valence-corrected chi connectivity index (χ2v) is 2.43. The molecule has 0 bridgehead atoms. The van der Waals surface area contributed by atoms with Crippen molar-refractivity contribution in [2.75, 3.05) is 6.54 Å². The average molecular weight is 190 g/mol. The maximum atomic E-state index is 10.2. The molecule has 0 aliphatic carbocycles. The van der Waals surface area contributed by atoms with Gasteiger partial charge in [0.1, 0.15) is 6.04 Å². The van der Waals surface area contributed by atoms with Crippen LogP contribution in [0.3, 0.4) is 0 Å². The lowest BCUT2D eigenvalue weighted by Gasteiger charge is -2.06. The zero-order valence-electron chi connectivity index (χ0n) is 6.71. The van der Waals surface area contributed by atoms with E-state index in [9.17, 15) is 4.79 Å². The Labute approximate surface area is 77.8 Å². The Morgan fingerprint density at radius 1 is 1.62 bits per heavy atom. The summed E-state index contributed by atoms with van der Waals surface area (Å²) in [5.41, 5.74) is 10.2. The summed E-state index contributed by atoms with van der Waals surface area (Å²) in [6.45, 7) is 0.482. The van der Waals surface area contributed by atoms with Crippen LogP contribution < -0.4 is 16.8 Å². The van der Waals surface area contributed by atoms with Gasteiger partial charge in [0, 0.05) is 6.54 Å². The van der Waals surface area contributed by atoms with Crippen LogP contribution in [0.25, 0.3) is 0 Å². The lowest BCUT2D eigenvalue weighted by Crippen LogP contribution is -2.34. The first kappa shape index (κ1) is 14.2. The number of carbonyl (C=O) groups is 1. The van der Waals surface area contributed by atoms with Crippen LogP contribution in [-0.4, -0.2) is 29.6 Å². The van der Waals surface area contributed by atoms with Crippen LogP contribution >= 0.6 is 0 Å². The molecule has 6 heteroatoms. The molecule has 0 rings (SSSR count). The van der Waals surface area contributed by atoms with Crippen molar-refractivity contribution in [2.45, 2.75) is 26.3 Å². The van der Waals surface area contributed by atoms with Crippen molar-refractivity contribution in [1.29, 1.82) is 5.41 Å². The van der Waals surface area contributed by atoms with Gasteiger partial charge in [-0.05, 0) is 12.8 Å². The third-order valence-corrected chi connectivity index (χ3v) is 1.32. The molecule has 0 aromatic heterocycles. The summed E-state index contributed by atoms with van der Waals surface area (Å²) in [6, 6.07) is -0.821. The van der Waals surface area contributed by atoms with E-state index in [0.717, 1.165) is 0 Å². The van der Waals surface area contributed by atoms with E-state index in [0.29, 0.717) is 19.4 Å². The second kappa shape index (κ2) is 7.35. The molecule has 0 aliphatic rings. The molecule has 1 unspecified atom stereocenters. The minimum Gasteiger partial charge on any atom is -0.480 e. The van der Waals surface area contributed by atoms with E-state index >= 15 is 0 Å². The fraction of sp³-hybridized carbons (Fsp3) is 0.714. The van der Waals surface area contributed by atoms with Gasteiger partial charge in [0.15, 0.2) is 5.96 Å². The highest BCUT2D eigenvalue weighted by atomic mass is 16.4. The molecule has 0 aromatic rings. The molecular weight excluding hydrogens is 172 g/mol. The van der Waals surface area contributed by atoms with E-state index in [1.54, 1.807) is 0 Å². The number of nitrogens with two attached hydrogens (primary N) is 2. The summed E-state index contributed by atoms with van der Waals surface area (Å²) in [7, 11) is 0. The van der Waals surface area contributed by atoms with E-state index in [1.165, 1.54) is 0 Å². The zero-order chi connectivity index (χ0) is 9.56. The number of nitrogens with one attached hydrogen (secondary N) is 2. The molecule has 1 atom stereocenters. The van der Waals surface area contributed by atoms with E-state index in [-0.39, 0.29) is 13.4 Å². The minimum absolute atomic E-state index is 0. The molecule has 0 aliphatic heterocycles. The van der Waals surface area contributed by atoms with Crippen LogP contribution in [-0.2, 0) is 4.79 Å². The predicted octanol–water partition coefficient (Wildman–Crippen LogP) is -0.702. The van der Waals surface area contributed by atoms with Gasteiger partial charge in [-0.2, -0.15) is 0 Å². The summed E-state index contributed by atoms with van der Waals surface area (Å²) in [4.78, 5) is 10.2. The number of aliphatic carboxylic acids is 1. The maximum absolute atomic E-state index is 10.2. The zero-order valence-corrected chi connectivity index (χ0v) is 6.71. The molecule has 0 heterocycles. The molecule has 0 saturated heterocycles. The lowest BCUT2D eigenvalue weighted by atomic mass is 10.2. The number of guanidine groups is 1. The summed E-state index contributed by atoms with van der Waals surface area (Å²) < 4.78 is 0. The number of carboxylic acids is 1. The number of rotatable bonds is 5. The average Bonchev–Trinajstić information content (AvgIpc) is 1.97. The van der Waals surface area contributed by atoms with Crippen LogP contribution in [0.4, 0.5) is 0 Å². The van der Waals surface area contributed by atoms with E-state index in [2.05, 4.69) is 5.32 Å². The highest BCUT2D eigenvalue weighted by molar-refractivity contribution is 5.74. The molecule has 0 spiro atoms. The topological polar surface area (TPSA) is 125 Å². The standard InChI is InChI=1S/C6H14N4O2.CH4/c7-4(5(11)12)2-1-3-10-6(8)9;/h4H,1-3,7H2,(H,11,12)(H4,8,9,10);1H4. The van der Waals surface area contributed by atoms with Gasteiger partial charge in [0.2, 0.25) is 0 Å². The molecule has 0 radical (unpaired) electrons. The summed E-state index contributed by atoms with van der Waals surface area (Å²) in [6.07, 6.45) is 0.975. The van der Waals surface area contributed by atoms with Crippen LogP contribution in [0.15, 0.2) is 0 Å². The van der Waals surface area contributed by atoms with E-state index in [1.807, 2.05) is 0 Å². The van der Waals surface area contributed by atoms with Gasteiger partial charge >= 0.3 is 5.97 Å². The van der Waals surface area contributed by atoms with Crippen LogP contribution in [0.5, 0.6) is 0 Å². The van der Waals surface area contributed by atoms with E-state index < -0.39 is 12.0 Å². The monoisotopic (exact) mass is 190 g/mol. The van der Waals surface area contributed by atoms with Crippen molar-refractivity contribution in [2.24, 2.45) is 11.5 Å². The molecule has 13 heavy (non-hydrogen) atoms. The van der Waals surface area contributed by atoms with Gasteiger partial charge in [0.25, 0.3) is 0 Å². The Balaban J connectivity index is 0. The Kier molecular flexibility index (Phi) is 8.05. The summed E-state index contributed by atoms with van der Waals surface area (Å²) in [5.74, 6) is -1.11. The van der Waals surface area contributed by atoms with Crippen LogP contribution in [0.1, 0.15) is 20.3 Å². The first-order chi connectivity index (χ1) is 5.54. The second-order valence-electron chi connectivity index (χ2n) is 2.43. The third-order valence-electron chi connectivity index (χ3n) is 1.32. The van der Waals surface area contributed by atoms with Gasteiger partial charge in [-0.3, -0.25) is 10.2 Å². The highest BCUT2D eigenvalue weighted by Gasteiger charge is 2.09. The van der Waals surface area contributed by atoms with Crippen LogP contribution in [0.2, 0.25) is 0 Å². The third kappa shape index (κ3) is 8.61. The van der Waals surface area contributed by atoms with Crippen molar-refractivity contribution in [3.63, 3.8) is 0 Å². The lowest BCUT2D eigenvalue weighted by molar-refractivity contribution is -0.138. The summed E-state index contributed by atoms with van der Waals surface area (Å²) in [5, 5.41) is 17.7. The number of carboxylic acid groups (broad SMARTS) is 1. The normalized spacial score (nSPS) is 11.2. The van der Waals surface area contributed by atoms with Crippen LogP contribution in [0, 0.1) is 5.41 Å². The van der Waals surface area contributed by atoms with Crippen molar-refractivity contribution >= 4 is 11.9 Å². The molecule has 78 valence electrons. The van der Waals surface area contributed by atoms with Gasteiger partial charge in [0.05, 0.1) is 0 Å². The first-order valence-electron chi connectivity index (χ1n) is 3.60. The SMILES string of the molecule is C.N=C(N)NCCCC(N)C(=O)O. The highest BCUT2D eigenvalue weighted by Crippen LogP contribution is 1.92. The van der Waals surface area contributed by atoms with Gasteiger partial charge in [-0.1, -0.05) is 7.43 Å². The molecule has 7 N–H and O–H groups in total. The largest absolute Gasteiger partial charge is 0.480 e. The molecule has 6 nitrogen and oxygen atoms in total. The molecule has 0 amide bonds. The van der Waals surface area contributed by atoms with Gasteiger partial charge in [-0.25, -0.2) is 0 Å². The maximum Gasteiger partial charge on any atom is 0.320 e. The molecule has 0 fully saturated rings. The van der Waals surface area contributed by atoms with Crippen molar-refractivity contribution in [3.8, 4) is 0 Å². The van der Waals surface area contributed by atoms with Gasteiger partial charge < -0.3 is 21.9 Å². The number of hydrogen-bond acceptors (Lipinski definition) is 3. The fourth-order valence-electron chi connectivity index (χ4n) is 0.669. The first-order valence-corrected chi connectivity index (χ1v) is 3.60. The smallest absolute Gasteiger partial charge is 0.320 e. The molecule has 0 aromatic carbocycles. The van der Waals surface area contributed by atoms with Crippen molar-refractivity contribution in [3.05, 3.63) is 0 Å². The summed E-state index contributed by atoms with van der Waals surface area (Å²) >= 11 is 0. The van der Waals surface area contributed by atoms with Crippen molar-refractivity contribution < 1.29 is 9.90 Å². The van der Waals surface area contributed by atoms with Crippen molar-refractivity contribution in [1.82, 2.24) is 5.32 Å². The Morgan fingerprint density at radius 2 is 2.15 bits per heavy atom. The predicted molar refractivity (Wildman–Crippen MR) is 51.5 cm³/mol. The quantitative estimate of drug-likeness (QED) is 0.222. The Morgan fingerprint density at radius 3 is 2.54 bits per heavy atom. The molecular formula is C7H18N4O2.